The average Bonchev–Trinajstić information content (AvgIpc) is 3.01. The van der Waals surface area contributed by atoms with Gasteiger partial charge in [0.05, 0.1) is 32.9 Å². The monoisotopic (exact) mass is 369 g/mol. The maximum Gasteiger partial charge on any atom is 0.293 e. The lowest BCUT2D eigenvalue weighted by Crippen LogP contribution is -2.21. The minimum absolute atomic E-state index is 0.0273. The van der Waals surface area contributed by atoms with Gasteiger partial charge >= 0.3 is 0 Å². The summed E-state index contributed by atoms with van der Waals surface area (Å²) in [6.45, 7) is 0. The topological polar surface area (TPSA) is 94.1 Å². The number of carbonyl (C=O) groups excluding carboxylic acids is 2. The second kappa shape index (κ2) is 7.41. The molecule has 0 radical (unpaired) electrons. The summed E-state index contributed by atoms with van der Waals surface area (Å²) < 4.78 is 15.6. The fraction of sp³-hybridized carbons (Fsp3) is 0.200. The largest absolute Gasteiger partial charge is 0.507 e. The van der Waals surface area contributed by atoms with Gasteiger partial charge in [0.15, 0.2) is 11.5 Å². The molecule has 1 amide bonds. The zero-order valence-corrected chi connectivity index (χ0v) is 15.1. The zero-order chi connectivity index (χ0) is 19.6. The molecule has 2 aromatic carbocycles. The Kier molecular flexibility index (Phi) is 5.03. The Labute approximate surface area is 156 Å². The first-order chi connectivity index (χ1) is 13.0. The van der Waals surface area contributed by atoms with Crippen LogP contribution in [-0.2, 0) is 9.59 Å². The minimum atomic E-state index is -0.809. The number of methoxy groups -OCH3 is 3. The molecule has 0 saturated carbocycles. The molecule has 0 spiro atoms. The lowest BCUT2D eigenvalue weighted by Gasteiger charge is -2.16. The predicted octanol–water partition coefficient (Wildman–Crippen LogP) is 2.42. The third-order valence-electron chi connectivity index (χ3n) is 4.35. The van der Waals surface area contributed by atoms with Gasteiger partial charge < -0.3 is 24.6 Å². The number of carbonyl (C=O) groups is 2. The Balaban J connectivity index is 2.12. The molecule has 0 aromatic heterocycles. The van der Waals surface area contributed by atoms with Crippen LogP contribution < -0.4 is 19.5 Å². The van der Waals surface area contributed by atoms with E-state index in [0.717, 1.165) is 0 Å². The molecule has 3 rings (SSSR count). The summed E-state index contributed by atoms with van der Waals surface area (Å²) in [6, 6.07) is 10.8. The highest BCUT2D eigenvalue weighted by atomic mass is 16.5. The van der Waals surface area contributed by atoms with Gasteiger partial charge in [-0.1, -0.05) is 18.2 Å². The molecule has 1 heterocycles. The van der Waals surface area contributed by atoms with Crippen molar-refractivity contribution >= 4 is 17.4 Å². The van der Waals surface area contributed by atoms with E-state index in [2.05, 4.69) is 5.32 Å². The molecule has 1 aliphatic rings. The van der Waals surface area contributed by atoms with Crippen molar-refractivity contribution in [1.29, 1.82) is 0 Å². The molecule has 7 heteroatoms. The van der Waals surface area contributed by atoms with Gasteiger partial charge in [-0.3, -0.25) is 9.59 Å². The number of ether oxygens (including phenoxy) is 3. The van der Waals surface area contributed by atoms with E-state index in [1.54, 1.807) is 42.5 Å². The molecule has 2 aromatic rings. The van der Waals surface area contributed by atoms with Crippen molar-refractivity contribution in [3.8, 4) is 17.2 Å². The number of aliphatic hydroxyl groups excluding tert-OH is 1. The Morgan fingerprint density at radius 3 is 2.37 bits per heavy atom. The Bertz CT molecular complexity index is 934. The van der Waals surface area contributed by atoms with Gasteiger partial charge in [0.1, 0.15) is 11.5 Å². The number of amides is 1. The number of benzene rings is 2. The number of Topliss-reactive ketones (excluding diaryl/α,β-unsaturated/α-hetero) is 1. The summed E-state index contributed by atoms with van der Waals surface area (Å²) >= 11 is 0. The second-order valence-electron chi connectivity index (χ2n) is 5.84. The van der Waals surface area contributed by atoms with Crippen LogP contribution in [0, 0.1) is 0 Å². The van der Waals surface area contributed by atoms with Crippen molar-refractivity contribution in [2.75, 3.05) is 21.3 Å². The number of aliphatic hydroxyl groups is 1. The van der Waals surface area contributed by atoms with Crippen LogP contribution in [0.4, 0.5) is 0 Å². The third kappa shape index (κ3) is 3.31. The van der Waals surface area contributed by atoms with Crippen molar-refractivity contribution in [3.63, 3.8) is 0 Å². The SMILES string of the molecule is COc1cccc(/C(O)=C2/C(=O)C(=O)NC2c2ccc(OC)c(OC)c2)c1. The fourth-order valence-electron chi connectivity index (χ4n) is 2.97. The molecule has 1 atom stereocenters. The van der Waals surface area contributed by atoms with Crippen LogP contribution in [0.3, 0.4) is 0 Å². The second-order valence-corrected chi connectivity index (χ2v) is 5.84. The van der Waals surface area contributed by atoms with Gasteiger partial charge in [0, 0.05) is 5.56 Å². The minimum Gasteiger partial charge on any atom is -0.507 e. The average molecular weight is 369 g/mol. The van der Waals surface area contributed by atoms with E-state index in [-0.39, 0.29) is 11.3 Å². The lowest BCUT2D eigenvalue weighted by atomic mass is 9.95. The van der Waals surface area contributed by atoms with Gasteiger partial charge in [-0.15, -0.1) is 0 Å². The van der Waals surface area contributed by atoms with Crippen LogP contribution in [0.1, 0.15) is 17.2 Å². The highest BCUT2D eigenvalue weighted by Gasteiger charge is 2.39. The van der Waals surface area contributed by atoms with Gasteiger partial charge in [-0.05, 0) is 29.8 Å². The zero-order valence-electron chi connectivity index (χ0n) is 15.1. The summed E-state index contributed by atoms with van der Waals surface area (Å²) in [5.74, 6) is -0.360. The van der Waals surface area contributed by atoms with Crippen LogP contribution in [0.25, 0.3) is 5.76 Å². The Morgan fingerprint density at radius 2 is 1.70 bits per heavy atom. The summed E-state index contributed by atoms with van der Waals surface area (Å²) in [7, 11) is 4.50. The molecular weight excluding hydrogens is 350 g/mol. The van der Waals surface area contributed by atoms with Gasteiger partial charge in [-0.2, -0.15) is 0 Å². The summed E-state index contributed by atoms with van der Waals surface area (Å²) in [4.78, 5) is 24.4. The molecule has 27 heavy (non-hydrogen) atoms. The van der Waals surface area contributed by atoms with Gasteiger partial charge in [0.2, 0.25) is 0 Å². The number of ketones is 1. The van der Waals surface area contributed by atoms with E-state index < -0.39 is 17.7 Å². The van der Waals surface area contributed by atoms with Crippen LogP contribution in [0.15, 0.2) is 48.0 Å². The van der Waals surface area contributed by atoms with E-state index in [1.165, 1.54) is 21.3 Å². The van der Waals surface area contributed by atoms with Crippen molar-refractivity contribution in [1.82, 2.24) is 5.32 Å². The van der Waals surface area contributed by atoms with E-state index in [4.69, 9.17) is 14.2 Å². The van der Waals surface area contributed by atoms with E-state index in [1.807, 2.05) is 0 Å². The molecular formula is C20H19NO6. The van der Waals surface area contributed by atoms with Crippen LogP contribution in [0.2, 0.25) is 0 Å². The lowest BCUT2D eigenvalue weighted by molar-refractivity contribution is -0.133. The highest BCUT2D eigenvalue weighted by molar-refractivity contribution is 6.46. The summed E-state index contributed by atoms with van der Waals surface area (Å²) in [5, 5.41) is 13.3. The first-order valence-electron chi connectivity index (χ1n) is 8.14. The predicted molar refractivity (Wildman–Crippen MR) is 98.0 cm³/mol. The smallest absolute Gasteiger partial charge is 0.293 e. The van der Waals surface area contributed by atoms with Crippen LogP contribution >= 0.6 is 0 Å². The molecule has 1 unspecified atom stereocenters. The number of hydrogen-bond acceptors (Lipinski definition) is 6. The third-order valence-corrected chi connectivity index (χ3v) is 4.35. The normalized spacial score (nSPS) is 18.1. The van der Waals surface area contributed by atoms with E-state index in [0.29, 0.717) is 28.4 Å². The molecule has 1 fully saturated rings. The van der Waals surface area contributed by atoms with Crippen molar-refractivity contribution in [3.05, 3.63) is 59.2 Å². The number of nitrogens with one attached hydrogen (secondary N) is 1. The van der Waals surface area contributed by atoms with Gasteiger partial charge in [-0.25, -0.2) is 0 Å². The number of rotatable bonds is 5. The fourth-order valence-corrected chi connectivity index (χ4v) is 2.97. The van der Waals surface area contributed by atoms with E-state index in [9.17, 15) is 14.7 Å². The summed E-state index contributed by atoms with van der Waals surface area (Å²) in [6.07, 6.45) is 0. The summed E-state index contributed by atoms with van der Waals surface area (Å²) in [5.41, 5.74) is 0.927. The quantitative estimate of drug-likeness (QED) is 0.478. The Morgan fingerprint density at radius 1 is 0.963 bits per heavy atom. The molecule has 0 aliphatic carbocycles. The standard InChI is InChI=1S/C20H19NO6/c1-25-13-6-4-5-12(9-13)18(22)16-17(21-20(24)19(16)23)11-7-8-14(26-2)15(10-11)27-3/h4-10,17,22H,1-3H3,(H,21,24)/b18-16-. The maximum absolute atomic E-state index is 12.4. The molecule has 7 nitrogen and oxygen atoms in total. The van der Waals surface area contributed by atoms with Crippen molar-refractivity contribution in [2.45, 2.75) is 6.04 Å². The van der Waals surface area contributed by atoms with E-state index >= 15 is 0 Å². The molecule has 1 saturated heterocycles. The molecule has 0 bridgehead atoms. The van der Waals surface area contributed by atoms with Crippen LogP contribution in [-0.4, -0.2) is 38.1 Å². The molecule has 140 valence electrons. The first kappa shape index (κ1) is 18.3. The highest BCUT2D eigenvalue weighted by Crippen LogP contribution is 2.37. The van der Waals surface area contributed by atoms with Crippen molar-refractivity contribution in [2.24, 2.45) is 0 Å². The number of hydrogen-bond donors (Lipinski definition) is 2. The maximum atomic E-state index is 12.4. The Hall–Kier alpha value is -3.48. The molecule has 1 aliphatic heterocycles. The van der Waals surface area contributed by atoms with Crippen molar-refractivity contribution < 1.29 is 28.9 Å². The van der Waals surface area contributed by atoms with Crippen LogP contribution in [0.5, 0.6) is 17.2 Å². The molecule has 2 N–H and O–H groups in total. The first-order valence-corrected chi connectivity index (χ1v) is 8.14. The van der Waals surface area contributed by atoms with Gasteiger partial charge in [0.25, 0.3) is 11.7 Å².